The molecule has 0 fully saturated rings. The van der Waals surface area contributed by atoms with Crippen LogP contribution in [0.1, 0.15) is 27.6 Å². The number of halogens is 1. The number of anilines is 1. The van der Waals surface area contributed by atoms with Gasteiger partial charge in [0.05, 0.1) is 22.8 Å². The van der Waals surface area contributed by atoms with E-state index in [9.17, 15) is 9.59 Å². The normalized spacial score (nSPS) is 10.0. The molecule has 0 aliphatic carbocycles. The van der Waals surface area contributed by atoms with E-state index in [1.807, 2.05) is 0 Å². The summed E-state index contributed by atoms with van der Waals surface area (Å²) in [6.07, 6.45) is 0. The third-order valence-corrected chi connectivity index (χ3v) is 3.08. The summed E-state index contributed by atoms with van der Waals surface area (Å²) in [6.45, 7) is 2.04. The Kier molecular flexibility index (Phi) is 4.95. The van der Waals surface area contributed by atoms with E-state index in [0.29, 0.717) is 28.4 Å². The van der Waals surface area contributed by atoms with Gasteiger partial charge in [-0.15, -0.1) is 0 Å². The SMILES string of the molecule is CCOC(=O)c1cccc(NC(=O)c2ccccc2Cl)c1. The van der Waals surface area contributed by atoms with E-state index in [0.717, 1.165) is 0 Å². The second-order valence-electron chi connectivity index (χ2n) is 4.24. The highest BCUT2D eigenvalue weighted by Crippen LogP contribution is 2.18. The monoisotopic (exact) mass is 303 g/mol. The van der Waals surface area contributed by atoms with Crippen LogP contribution in [-0.4, -0.2) is 18.5 Å². The molecule has 0 radical (unpaired) electrons. The van der Waals surface area contributed by atoms with E-state index >= 15 is 0 Å². The summed E-state index contributed by atoms with van der Waals surface area (Å²) >= 11 is 5.97. The summed E-state index contributed by atoms with van der Waals surface area (Å²) in [6, 6.07) is 13.3. The Morgan fingerprint density at radius 2 is 1.90 bits per heavy atom. The fourth-order valence-electron chi connectivity index (χ4n) is 1.78. The first-order valence-corrected chi connectivity index (χ1v) is 6.82. The second-order valence-corrected chi connectivity index (χ2v) is 4.64. The van der Waals surface area contributed by atoms with Crippen molar-refractivity contribution in [1.82, 2.24) is 0 Å². The molecule has 0 saturated carbocycles. The van der Waals surface area contributed by atoms with E-state index < -0.39 is 5.97 Å². The van der Waals surface area contributed by atoms with Crippen molar-refractivity contribution >= 4 is 29.2 Å². The van der Waals surface area contributed by atoms with Crippen molar-refractivity contribution in [2.75, 3.05) is 11.9 Å². The van der Waals surface area contributed by atoms with Gasteiger partial charge in [-0.05, 0) is 37.3 Å². The van der Waals surface area contributed by atoms with Crippen LogP contribution in [0.3, 0.4) is 0 Å². The van der Waals surface area contributed by atoms with Crippen LogP contribution in [0.5, 0.6) is 0 Å². The first-order chi connectivity index (χ1) is 10.1. The minimum atomic E-state index is -0.425. The molecule has 2 rings (SSSR count). The highest BCUT2D eigenvalue weighted by atomic mass is 35.5. The fraction of sp³-hybridized carbons (Fsp3) is 0.125. The zero-order valence-electron chi connectivity index (χ0n) is 11.4. The van der Waals surface area contributed by atoms with Crippen molar-refractivity contribution in [3.63, 3.8) is 0 Å². The topological polar surface area (TPSA) is 55.4 Å². The van der Waals surface area contributed by atoms with Gasteiger partial charge < -0.3 is 10.1 Å². The van der Waals surface area contributed by atoms with Gasteiger partial charge in [0.15, 0.2) is 0 Å². The summed E-state index contributed by atoms with van der Waals surface area (Å²) in [7, 11) is 0. The lowest BCUT2D eigenvalue weighted by atomic mass is 10.1. The molecule has 0 aliphatic heterocycles. The Hall–Kier alpha value is -2.33. The van der Waals surface area contributed by atoms with E-state index in [1.54, 1.807) is 55.5 Å². The van der Waals surface area contributed by atoms with Crippen LogP contribution in [0.4, 0.5) is 5.69 Å². The third-order valence-electron chi connectivity index (χ3n) is 2.75. The van der Waals surface area contributed by atoms with E-state index in [1.165, 1.54) is 0 Å². The molecule has 0 aliphatic rings. The van der Waals surface area contributed by atoms with Crippen LogP contribution >= 0.6 is 11.6 Å². The lowest BCUT2D eigenvalue weighted by Gasteiger charge is -2.08. The molecular weight excluding hydrogens is 290 g/mol. The summed E-state index contributed by atoms with van der Waals surface area (Å²) in [4.78, 5) is 23.8. The standard InChI is InChI=1S/C16H14ClNO3/c1-2-21-16(20)11-6-5-7-12(10-11)18-15(19)13-8-3-4-9-14(13)17/h3-10H,2H2,1H3,(H,18,19). The maximum absolute atomic E-state index is 12.1. The molecule has 0 spiro atoms. The quantitative estimate of drug-likeness (QED) is 0.875. The van der Waals surface area contributed by atoms with Gasteiger partial charge in [-0.2, -0.15) is 0 Å². The Bertz CT molecular complexity index is 670. The predicted octanol–water partition coefficient (Wildman–Crippen LogP) is 3.77. The molecule has 2 aromatic rings. The summed E-state index contributed by atoms with van der Waals surface area (Å²) < 4.78 is 4.92. The Balaban J connectivity index is 2.17. The minimum absolute atomic E-state index is 0.301. The second kappa shape index (κ2) is 6.90. The maximum Gasteiger partial charge on any atom is 0.338 e. The number of amides is 1. The van der Waals surface area contributed by atoms with Crippen molar-refractivity contribution in [2.24, 2.45) is 0 Å². The van der Waals surface area contributed by atoms with Gasteiger partial charge in [-0.25, -0.2) is 4.79 Å². The van der Waals surface area contributed by atoms with E-state index in [4.69, 9.17) is 16.3 Å². The molecule has 0 aromatic heterocycles. The highest BCUT2D eigenvalue weighted by molar-refractivity contribution is 6.34. The van der Waals surface area contributed by atoms with Crippen molar-refractivity contribution in [2.45, 2.75) is 6.92 Å². The van der Waals surface area contributed by atoms with Gasteiger partial charge in [0, 0.05) is 5.69 Å². The Morgan fingerprint density at radius 3 is 2.62 bits per heavy atom. The van der Waals surface area contributed by atoms with Gasteiger partial charge in [-0.3, -0.25) is 4.79 Å². The molecule has 21 heavy (non-hydrogen) atoms. The van der Waals surface area contributed by atoms with E-state index in [2.05, 4.69) is 5.32 Å². The van der Waals surface area contributed by atoms with Gasteiger partial charge in [0.1, 0.15) is 0 Å². The minimum Gasteiger partial charge on any atom is -0.462 e. The van der Waals surface area contributed by atoms with Gasteiger partial charge in [0.2, 0.25) is 0 Å². The number of benzene rings is 2. The van der Waals surface area contributed by atoms with Crippen LogP contribution in [0.15, 0.2) is 48.5 Å². The van der Waals surface area contributed by atoms with Crippen LogP contribution in [0.25, 0.3) is 0 Å². The molecule has 4 nitrogen and oxygen atoms in total. The Labute approximate surface area is 127 Å². The predicted molar refractivity (Wildman–Crippen MR) is 81.8 cm³/mol. The number of nitrogens with one attached hydrogen (secondary N) is 1. The molecule has 1 N–H and O–H groups in total. The zero-order chi connectivity index (χ0) is 15.2. The largest absolute Gasteiger partial charge is 0.462 e. The van der Waals surface area contributed by atoms with Gasteiger partial charge in [-0.1, -0.05) is 29.8 Å². The summed E-state index contributed by atoms with van der Waals surface area (Å²) in [5, 5.41) is 3.08. The number of esters is 1. The first kappa shape index (κ1) is 15.1. The molecule has 108 valence electrons. The average molecular weight is 304 g/mol. The fourth-order valence-corrected chi connectivity index (χ4v) is 2.00. The molecule has 0 saturated heterocycles. The summed E-state index contributed by atoms with van der Waals surface area (Å²) in [5.41, 5.74) is 1.26. The average Bonchev–Trinajstić information content (AvgIpc) is 2.48. The molecule has 2 aromatic carbocycles. The molecule has 0 atom stereocenters. The lowest BCUT2D eigenvalue weighted by molar-refractivity contribution is 0.0526. The number of hydrogen-bond donors (Lipinski definition) is 1. The van der Waals surface area contributed by atoms with Crippen LogP contribution in [-0.2, 0) is 4.74 Å². The van der Waals surface area contributed by atoms with Crippen molar-refractivity contribution in [3.05, 3.63) is 64.7 Å². The third kappa shape index (κ3) is 3.83. The number of carbonyl (C=O) groups excluding carboxylic acids is 2. The van der Waals surface area contributed by atoms with Crippen LogP contribution in [0, 0.1) is 0 Å². The smallest absolute Gasteiger partial charge is 0.338 e. The number of carbonyl (C=O) groups is 2. The van der Waals surface area contributed by atoms with Crippen molar-refractivity contribution in [1.29, 1.82) is 0 Å². The maximum atomic E-state index is 12.1. The van der Waals surface area contributed by atoms with Crippen LogP contribution in [0.2, 0.25) is 5.02 Å². The molecule has 0 bridgehead atoms. The molecular formula is C16H14ClNO3. The Morgan fingerprint density at radius 1 is 1.14 bits per heavy atom. The first-order valence-electron chi connectivity index (χ1n) is 6.45. The zero-order valence-corrected chi connectivity index (χ0v) is 12.2. The van der Waals surface area contributed by atoms with Crippen molar-refractivity contribution < 1.29 is 14.3 Å². The number of hydrogen-bond acceptors (Lipinski definition) is 3. The number of ether oxygens (including phenoxy) is 1. The van der Waals surface area contributed by atoms with Gasteiger partial charge in [0.25, 0.3) is 5.91 Å². The number of rotatable bonds is 4. The molecule has 5 heteroatoms. The molecule has 0 heterocycles. The highest BCUT2D eigenvalue weighted by Gasteiger charge is 2.11. The van der Waals surface area contributed by atoms with Gasteiger partial charge >= 0.3 is 5.97 Å². The summed E-state index contributed by atoms with van der Waals surface area (Å²) in [5.74, 6) is -0.757. The van der Waals surface area contributed by atoms with Crippen molar-refractivity contribution in [3.8, 4) is 0 Å². The molecule has 0 unspecified atom stereocenters. The van der Waals surface area contributed by atoms with E-state index in [-0.39, 0.29) is 5.91 Å². The lowest BCUT2D eigenvalue weighted by Crippen LogP contribution is -2.13. The molecule has 1 amide bonds. The van der Waals surface area contributed by atoms with Crippen LogP contribution < -0.4 is 5.32 Å².